The SMILES string of the molecule is C[C@H](O)C[C@@H](C)Oc1ccc(-c2ccc(C(=O)O)cc2)cc1. The number of benzene rings is 2. The second-order valence-corrected chi connectivity index (χ2v) is 5.42. The second kappa shape index (κ2) is 7.09. The zero-order valence-electron chi connectivity index (χ0n) is 12.7. The Labute approximate surface area is 130 Å². The van der Waals surface area contributed by atoms with Crippen molar-refractivity contribution in [2.75, 3.05) is 0 Å². The van der Waals surface area contributed by atoms with Crippen molar-refractivity contribution in [3.05, 3.63) is 54.1 Å². The topological polar surface area (TPSA) is 66.8 Å². The highest BCUT2D eigenvalue weighted by Crippen LogP contribution is 2.23. The van der Waals surface area contributed by atoms with E-state index in [1.165, 1.54) is 0 Å². The first-order valence-electron chi connectivity index (χ1n) is 7.24. The van der Waals surface area contributed by atoms with Gasteiger partial charge in [0.2, 0.25) is 0 Å². The molecule has 0 fully saturated rings. The van der Waals surface area contributed by atoms with Gasteiger partial charge >= 0.3 is 5.97 Å². The zero-order chi connectivity index (χ0) is 16.1. The molecule has 0 aromatic heterocycles. The van der Waals surface area contributed by atoms with Crippen molar-refractivity contribution in [1.29, 1.82) is 0 Å². The molecule has 0 bridgehead atoms. The summed E-state index contributed by atoms with van der Waals surface area (Å²) in [5.74, 6) is -0.179. The fourth-order valence-corrected chi connectivity index (χ4v) is 2.29. The lowest BCUT2D eigenvalue weighted by molar-refractivity contribution is 0.0697. The van der Waals surface area contributed by atoms with Gasteiger partial charge in [-0.05, 0) is 49.2 Å². The molecule has 2 aromatic rings. The lowest BCUT2D eigenvalue weighted by Crippen LogP contribution is -2.18. The number of aliphatic hydroxyl groups excluding tert-OH is 1. The first-order chi connectivity index (χ1) is 10.5. The number of carboxylic acids is 1. The van der Waals surface area contributed by atoms with Gasteiger partial charge in [-0.15, -0.1) is 0 Å². The third-order valence-electron chi connectivity index (χ3n) is 3.33. The average Bonchev–Trinajstić information content (AvgIpc) is 2.47. The second-order valence-electron chi connectivity index (χ2n) is 5.42. The van der Waals surface area contributed by atoms with Crippen LogP contribution < -0.4 is 4.74 Å². The fraction of sp³-hybridized carbons (Fsp3) is 0.278. The van der Waals surface area contributed by atoms with Crippen molar-refractivity contribution in [1.82, 2.24) is 0 Å². The van der Waals surface area contributed by atoms with Crippen molar-refractivity contribution in [2.45, 2.75) is 32.5 Å². The third-order valence-corrected chi connectivity index (χ3v) is 3.33. The van der Waals surface area contributed by atoms with Crippen LogP contribution in [0.25, 0.3) is 11.1 Å². The number of aliphatic hydroxyl groups is 1. The van der Waals surface area contributed by atoms with E-state index in [9.17, 15) is 9.90 Å². The van der Waals surface area contributed by atoms with Crippen molar-refractivity contribution in [3.8, 4) is 16.9 Å². The molecule has 0 spiro atoms. The molecule has 4 heteroatoms. The molecule has 4 nitrogen and oxygen atoms in total. The van der Waals surface area contributed by atoms with Crippen molar-refractivity contribution >= 4 is 5.97 Å². The van der Waals surface area contributed by atoms with Crippen LogP contribution in [0.15, 0.2) is 48.5 Å². The molecule has 2 aromatic carbocycles. The molecule has 0 saturated heterocycles. The summed E-state index contributed by atoms with van der Waals surface area (Å²) in [5.41, 5.74) is 2.22. The number of aromatic carboxylic acids is 1. The molecule has 0 heterocycles. The first kappa shape index (κ1) is 16.0. The van der Waals surface area contributed by atoms with Crippen LogP contribution in [0.5, 0.6) is 5.75 Å². The molecule has 2 atom stereocenters. The monoisotopic (exact) mass is 300 g/mol. The molecule has 2 rings (SSSR count). The molecule has 0 saturated carbocycles. The third kappa shape index (κ3) is 4.33. The van der Waals surface area contributed by atoms with E-state index in [1.807, 2.05) is 31.2 Å². The Morgan fingerprint density at radius 2 is 1.50 bits per heavy atom. The zero-order valence-corrected chi connectivity index (χ0v) is 12.7. The van der Waals surface area contributed by atoms with E-state index < -0.39 is 5.97 Å². The predicted molar refractivity (Wildman–Crippen MR) is 85.2 cm³/mol. The van der Waals surface area contributed by atoms with E-state index in [4.69, 9.17) is 9.84 Å². The predicted octanol–water partition coefficient (Wildman–Crippen LogP) is 3.59. The summed E-state index contributed by atoms with van der Waals surface area (Å²) in [7, 11) is 0. The van der Waals surface area contributed by atoms with Crippen LogP contribution >= 0.6 is 0 Å². The summed E-state index contributed by atoms with van der Waals surface area (Å²) in [6, 6.07) is 14.4. The fourth-order valence-electron chi connectivity index (χ4n) is 2.29. The normalized spacial score (nSPS) is 13.4. The molecule has 0 aliphatic heterocycles. The maximum atomic E-state index is 10.8. The maximum absolute atomic E-state index is 10.8. The smallest absolute Gasteiger partial charge is 0.335 e. The Morgan fingerprint density at radius 1 is 1.00 bits per heavy atom. The van der Waals surface area contributed by atoms with Crippen molar-refractivity contribution in [2.24, 2.45) is 0 Å². The van der Waals surface area contributed by atoms with Crippen LogP contribution in [0, 0.1) is 0 Å². The highest BCUT2D eigenvalue weighted by molar-refractivity contribution is 5.88. The minimum absolute atomic E-state index is 0.0549. The van der Waals surface area contributed by atoms with E-state index in [0.717, 1.165) is 16.9 Å². The summed E-state index contributed by atoms with van der Waals surface area (Å²) in [4.78, 5) is 10.8. The highest BCUT2D eigenvalue weighted by Gasteiger charge is 2.08. The van der Waals surface area contributed by atoms with Crippen LogP contribution in [0.4, 0.5) is 0 Å². The van der Waals surface area contributed by atoms with Gasteiger partial charge in [-0.25, -0.2) is 4.79 Å². The van der Waals surface area contributed by atoms with Gasteiger partial charge in [-0.3, -0.25) is 0 Å². The maximum Gasteiger partial charge on any atom is 0.335 e. The Morgan fingerprint density at radius 3 is 1.95 bits per heavy atom. The van der Waals surface area contributed by atoms with Crippen LogP contribution in [0.1, 0.15) is 30.6 Å². The van der Waals surface area contributed by atoms with E-state index in [2.05, 4.69) is 0 Å². The number of carbonyl (C=O) groups is 1. The standard InChI is InChI=1S/C18H20O4/c1-12(19)11-13(2)22-17-9-7-15(8-10-17)14-3-5-16(6-4-14)18(20)21/h3-10,12-13,19H,11H2,1-2H3,(H,20,21)/t12-,13+/m0/s1. The number of hydrogen-bond acceptors (Lipinski definition) is 3. The van der Waals surface area contributed by atoms with Crippen LogP contribution in [0.2, 0.25) is 0 Å². The first-order valence-corrected chi connectivity index (χ1v) is 7.24. The number of ether oxygens (including phenoxy) is 1. The van der Waals surface area contributed by atoms with Crippen molar-refractivity contribution in [3.63, 3.8) is 0 Å². The molecule has 0 amide bonds. The molecule has 116 valence electrons. The minimum atomic E-state index is -0.928. The van der Waals surface area contributed by atoms with Gasteiger partial charge in [0.05, 0.1) is 17.8 Å². The highest BCUT2D eigenvalue weighted by atomic mass is 16.5. The molecule has 2 N–H and O–H groups in total. The summed E-state index contributed by atoms with van der Waals surface area (Å²) in [6.07, 6.45) is 0.140. The van der Waals surface area contributed by atoms with E-state index in [0.29, 0.717) is 6.42 Å². The molecular formula is C18H20O4. The van der Waals surface area contributed by atoms with Gasteiger partial charge in [0, 0.05) is 6.42 Å². The van der Waals surface area contributed by atoms with Gasteiger partial charge in [0.15, 0.2) is 0 Å². The summed E-state index contributed by atoms with van der Waals surface area (Å²) in [6.45, 7) is 3.66. The van der Waals surface area contributed by atoms with Crippen LogP contribution in [-0.4, -0.2) is 28.4 Å². The largest absolute Gasteiger partial charge is 0.491 e. The van der Waals surface area contributed by atoms with E-state index >= 15 is 0 Å². The lowest BCUT2D eigenvalue weighted by Gasteiger charge is -2.16. The Bertz CT molecular complexity index is 615. The average molecular weight is 300 g/mol. The van der Waals surface area contributed by atoms with Crippen molar-refractivity contribution < 1.29 is 19.7 Å². The summed E-state index contributed by atoms with van der Waals surface area (Å²) in [5, 5.41) is 18.2. The molecule has 0 radical (unpaired) electrons. The van der Waals surface area contributed by atoms with E-state index in [-0.39, 0.29) is 17.8 Å². The van der Waals surface area contributed by atoms with Gasteiger partial charge in [-0.1, -0.05) is 24.3 Å². The summed E-state index contributed by atoms with van der Waals surface area (Å²) >= 11 is 0. The Kier molecular flexibility index (Phi) is 5.17. The van der Waals surface area contributed by atoms with Gasteiger partial charge in [-0.2, -0.15) is 0 Å². The van der Waals surface area contributed by atoms with E-state index in [1.54, 1.807) is 31.2 Å². The van der Waals surface area contributed by atoms with Gasteiger partial charge < -0.3 is 14.9 Å². The molecule has 0 unspecified atom stereocenters. The molecule has 22 heavy (non-hydrogen) atoms. The number of carboxylic acid groups (broad SMARTS) is 1. The van der Waals surface area contributed by atoms with Gasteiger partial charge in [0.1, 0.15) is 5.75 Å². The lowest BCUT2D eigenvalue weighted by atomic mass is 10.0. The van der Waals surface area contributed by atoms with Gasteiger partial charge in [0.25, 0.3) is 0 Å². The Hall–Kier alpha value is -2.33. The quantitative estimate of drug-likeness (QED) is 0.855. The molecule has 0 aliphatic rings. The molecular weight excluding hydrogens is 280 g/mol. The van der Waals surface area contributed by atoms with Crippen LogP contribution in [0.3, 0.4) is 0 Å². The molecule has 0 aliphatic carbocycles. The summed E-state index contributed by atoms with van der Waals surface area (Å²) < 4.78 is 5.73. The Balaban J connectivity index is 2.06. The minimum Gasteiger partial charge on any atom is -0.491 e. The number of rotatable bonds is 6. The van der Waals surface area contributed by atoms with Crippen LogP contribution in [-0.2, 0) is 0 Å². The number of hydrogen-bond donors (Lipinski definition) is 2.